The number of nitrogens with zero attached hydrogens (tertiary/aromatic N) is 2. The molecule has 0 aliphatic carbocycles. The number of carbonyl (C=O) groups excluding carboxylic acids is 1. The van der Waals surface area contributed by atoms with E-state index in [2.05, 4.69) is 11.2 Å². The van der Waals surface area contributed by atoms with Crippen molar-refractivity contribution < 1.29 is 9.53 Å². The summed E-state index contributed by atoms with van der Waals surface area (Å²) in [6.07, 6.45) is 1.87. The highest BCUT2D eigenvalue weighted by molar-refractivity contribution is 7.17. The molecule has 4 nitrogen and oxygen atoms in total. The number of benzene rings is 1. The third-order valence-electron chi connectivity index (χ3n) is 3.62. The molecular formula is C16H16N2O2S. The molecule has 21 heavy (non-hydrogen) atoms. The summed E-state index contributed by atoms with van der Waals surface area (Å²) in [5.74, 6) is -0.256. The van der Waals surface area contributed by atoms with Gasteiger partial charge in [0.1, 0.15) is 0 Å². The van der Waals surface area contributed by atoms with Gasteiger partial charge in [-0.15, -0.1) is 11.3 Å². The fraction of sp³-hybridized carbons (Fsp3) is 0.250. The largest absolute Gasteiger partial charge is 0.462 e. The van der Waals surface area contributed by atoms with Crippen molar-refractivity contribution in [2.75, 3.05) is 6.61 Å². The first-order chi connectivity index (χ1) is 10.1. The lowest BCUT2D eigenvalue weighted by atomic mass is 10.0. The van der Waals surface area contributed by atoms with Crippen molar-refractivity contribution in [3.8, 4) is 11.1 Å². The second kappa shape index (κ2) is 5.33. The van der Waals surface area contributed by atoms with Crippen LogP contribution in [-0.4, -0.2) is 22.4 Å². The summed E-state index contributed by atoms with van der Waals surface area (Å²) in [5.41, 5.74) is 4.00. The van der Waals surface area contributed by atoms with E-state index in [-0.39, 0.29) is 5.97 Å². The number of aryl methyl sites for hydroxylation is 1. The summed E-state index contributed by atoms with van der Waals surface area (Å²) >= 11 is 1.56. The summed E-state index contributed by atoms with van der Waals surface area (Å²) < 4.78 is 8.03. The van der Waals surface area contributed by atoms with E-state index in [0.717, 1.165) is 26.9 Å². The molecule has 0 saturated carbocycles. The second-order valence-electron chi connectivity index (χ2n) is 4.85. The van der Waals surface area contributed by atoms with Gasteiger partial charge in [-0.25, -0.2) is 4.79 Å². The van der Waals surface area contributed by atoms with Gasteiger partial charge >= 0.3 is 5.97 Å². The number of hydrogen-bond acceptors (Lipinski definition) is 4. The van der Waals surface area contributed by atoms with Crippen molar-refractivity contribution in [2.45, 2.75) is 13.8 Å². The van der Waals surface area contributed by atoms with E-state index in [1.54, 1.807) is 11.3 Å². The smallest absolute Gasteiger partial charge is 0.339 e. The fourth-order valence-electron chi connectivity index (χ4n) is 2.34. The molecule has 0 spiro atoms. The van der Waals surface area contributed by atoms with Crippen LogP contribution in [0.15, 0.2) is 29.8 Å². The Morgan fingerprint density at radius 2 is 2.24 bits per heavy atom. The molecule has 0 saturated heterocycles. The maximum absolute atomic E-state index is 11.9. The number of hydrogen-bond donors (Lipinski definition) is 0. The maximum atomic E-state index is 11.9. The average molecular weight is 300 g/mol. The maximum Gasteiger partial charge on any atom is 0.339 e. The van der Waals surface area contributed by atoms with Gasteiger partial charge in [-0.1, -0.05) is 12.1 Å². The van der Waals surface area contributed by atoms with Gasteiger partial charge in [-0.05, 0) is 25.5 Å². The van der Waals surface area contributed by atoms with Crippen LogP contribution in [-0.2, 0) is 11.8 Å². The molecule has 108 valence electrons. The van der Waals surface area contributed by atoms with Gasteiger partial charge in [0.2, 0.25) is 0 Å². The number of carbonyl (C=O) groups is 1. The molecule has 0 amide bonds. The van der Waals surface area contributed by atoms with E-state index in [1.165, 1.54) is 0 Å². The van der Waals surface area contributed by atoms with E-state index >= 15 is 0 Å². The van der Waals surface area contributed by atoms with Crippen molar-refractivity contribution in [3.63, 3.8) is 0 Å². The van der Waals surface area contributed by atoms with Crippen molar-refractivity contribution in [3.05, 3.63) is 41.0 Å². The number of thiophene rings is 1. The van der Waals surface area contributed by atoms with Gasteiger partial charge in [-0.3, -0.25) is 4.68 Å². The van der Waals surface area contributed by atoms with Crippen LogP contribution in [0, 0.1) is 6.92 Å². The SMILES string of the molecule is CCOC(=O)c1csc2cc(-c3cnn(C)c3C)ccc12. The molecule has 0 aliphatic rings. The Labute approximate surface area is 127 Å². The van der Waals surface area contributed by atoms with Crippen LogP contribution < -0.4 is 0 Å². The number of rotatable bonds is 3. The Morgan fingerprint density at radius 3 is 2.90 bits per heavy atom. The minimum Gasteiger partial charge on any atom is -0.462 e. The van der Waals surface area contributed by atoms with E-state index in [1.807, 2.05) is 49.3 Å². The van der Waals surface area contributed by atoms with Crippen LogP contribution >= 0.6 is 11.3 Å². The Bertz CT molecular complexity index is 817. The Kier molecular flexibility index (Phi) is 3.51. The summed E-state index contributed by atoms with van der Waals surface area (Å²) in [7, 11) is 1.93. The molecule has 0 fully saturated rings. The Hall–Kier alpha value is -2.14. The van der Waals surface area contributed by atoms with E-state index in [9.17, 15) is 4.79 Å². The molecule has 2 aromatic heterocycles. The van der Waals surface area contributed by atoms with Crippen molar-refractivity contribution in [2.24, 2.45) is 7.05 Å². The fourth-order valence-corrected chi connectivity index (χ4v) is 3.31. The molecule has 3 aromatic rings. The first-order valence-electron chi connectivity index (χ1n) is 6.79. The molecule has 0 N–H and O–H groups in total. The molecule has 3 rings (SSSR count). The first-order valence-corrected chi connectivity index (χ1v) is 7.67. The van der Waals surface area contributed by atoms with E-state index in [4.69, 9.17) is 4.74 Å². The van der Waals surface area contributed by atoms with Crippen LogP contribution in [0.4, 0.5) is 0 Å². The summed E-state index contributed by atoms with van der Waals surface area (Å²) in [4.78, 5) is 11.9. The van der Waals surface area contributed by atoms with Gasteiger partial charge in [0.05, 0.1) is 18.4 Å². The van der Waals surface area contributed by atoms with Gasteiger partial charge < -0.3 is 4.74 Å². The van der Waals surface area contributed by atoms with Gasteiger partial charge in [-0.2, -0.15) is 5.10 Å². The zero-order valence-electron chi connectivity index (χ0n) is 12.2. The lowest BCUT2D eigenvalue weighted by Gasteiger charge is -2.03. The molecule has 0 bridgehead atoms. The molecule has 2 heterocycles. The van der Waals surface area contributed by atoms with Crippen LogP contribution in [0.5, 0.6) is 0 Å². The summed E-state index contributed by atoms with van der Waals surface area (Å²) in [6.45, 7) is 4.25. The normalized spacial score (nSPS) is 11.0. The molecule has 0 aliphatic heterocycles. The topological polar surface area (TPSA) is 44.1 Å². The van der Waals surface area contributed by atoms with Crippen LogP contribution in [0.2, 0.25) is 0 Å². The minimum atomic E-state index is -0.256. The van der Waals surface area contributed by atoms with Gasteiger partial charge in [0, 0.05) is 33.8 Å². The van der Waals surface area contributed by atoms with Crippen molar-refractivity contribution in [1.29, 1.82) is 0 Å². The van der Waals surface area contributed by atoms with Crippen LogP contribution in [0.1, 0.15) is 23.0 Å². The number of aromatic nitrogens is 2. The summed E-state index contributed by atoms with van der Waals surface area (Å²) in [6, 6.07) is 6.12. The van der Waals surface area contributed by atoms with E-state index < -0.39 is 0 Å². The average Bonchev–Trinajstić information content (AvgIpc) is 3.03. The first kappa shape index (κ1) is 13.8. The predicted octanol–water partition coefficient (Wildman–Crippen LogP) is 3.79. The lowest BCUT2D eigenvalue weighted by molar-refractivity contribution is 0.0529. The van der Waals surface area contributed by atoms with E-state index in [0.29, 0.717) is 12.2 Å². The summed E-state index contributed by atoms with van der Waals surface area (Å²) in [5, 5.41) is 7.09. The third-order valence-corrected chi connectivity index (χ3v) is 4.56. The second-order valence-corrected chi connectivity index (χ2v) is 5.76. The van der Waals surface area contributed by atoms with Crippen molar-refractivity contribution >= 4 is 27.4 Å². The monoisotopic (exact) mass is 300 g/mol. The third kappa shape index (κ3) is 2.34. The van der Waals surface area contributed by atoms with Crippen LogP contribution in [0.3, 0.4) is 0 Å². The minimum absolute atomic E-state index is 0.256. The molecule has 0 unspecified atom stereocenters. The zero-order valence-corrected chi connectivity index (χ0v) is 13.0. The highest BCUT2D eigenvalue weighted by atomic mass is 32.1. The quantitative estimate of drug-likeness (QED) is 0.691. The Balaban J connectivity index is 2.06. The van der Waals surface area contributed by atoms with Gasteiger partial charge in [0.25, 0.3) is 0 Å². The molecule has 0 atom stereocenters. The zero-order chi connectivity index (χ0) is 15.0. The predicted molar refractivity (Wildman–Crippen MR) is 84.7 cm³/mol. The lowest BCUT2D eigenvalue weighted by Crippen LogP contribution is -2.03. The van der Waals surface area contributed by atoms with Gasteiger partial charge in [0.15, 0.2) is 0 Å². The van der Waals surface area contributed by atoms with Crippen LogP contribution in [0.25, 0.3) is 21.2 Å². The molecule has 5 heteroatoms. The molecule has 1 aromatic carbocycles. The molecule has 0 radical (unpaired) electrons. The standard InChI is InChI=1S/C16H16N2O2S/c1-4-20-16(19)14-9-21-15-7-11(5-6-12(14)15)13-8-17-18(3)10(13)2/h5-9H,4H2,1-3H3. The highest BCUT2D eigenvalue weighted by Crippen LogP contribution is 2.32. The molecular weight excluding hydrogens is 284 g/mol. The Morgan fingerprint density at radius 1 is 1.43 bits per heavy atom. The number of esters is 1. The number of ether oxygens (including phenoxy) is 1. The van der Waals surface area contributed by atoms with Crippen molar-refractivity contribution in [1.82, 2.24) is 9.78 Å². The highest BCUT2D eigenvalue weighted by Gasteiger charge is 2.14. The number of fused-ring (bicyclic) bond motifs is 1.